The molecule has 0 unspecified atom stereocenters. The highest BCUT2D eigenvalue weighted by atomic mass is 35.5. The van der Waals surface area contributed by atoms with Crippen molar-refractivity contribution in [1.82, 2.24) is 9.88 Å². The Morgan fingerprint density at radius 3 is 2.90 bits per heavy atom. The number of rotatable bonds is 5. The number of nitrogens with zero attached hydrogens (tertiary/aromatic N) is 2. The lowest BCUT2D eigenvalue weighted by atomic mass is 10.1. The summed E-state index contributed by atoms with van der Waals surface area (Å²) in [7, 11) is 0. The van der Waals surface area contributed by atoms with Crippen LogP contribution in [0.3, 0.4) is 0 Å². The van der Waals surface area contributed by atoms with Gasteiger partial charge in [0, 0.05) is 48.0 Å². The second-order valence-electron chi connectivity index (χ2n) is 5.59. The molecule has 21 heavy (non-hydrogen) atoms. The predicted octanol–water partition coefficient (Wildman–Crippen LogP) is 3.95. The molecule has 2 heterocycles. The normalized spacial score (nSPS) is 16.5. The van der Waals surface area contributed by atoms with Crippen LogP contribution >= 0.6 is 11.6 Å². The molecule has 110 valence electrons. The summed E-state index contributed by atoms with van der Waals surface area (Å²) in [5.74, 6) is 0. The van der Waals surface area contributed by atoms with Gasteiger partial charge in [0.2, 0.25) is 0 Å². The molecular formula is C17H20ClN3. The standard InChI is InChI=1S/C17H20ClN3/c1-13(7-11-21-9-2-3-10-21)20-16-6-8-19-17-12-14(18)4-5-15(16)17/h2-6,8,12-13H,7,9-11H2,1H3,(H,19,20)/t13-/m1/s1. The molecule has 3 nitrogen and oxygen atoms in total. The molecule has 0 saturated carbocycles. The molecule has 0 radical (unpaired) electrons. The number of anilines is 1. The first-order chi connectivity index (χ1) is 10.2. The second kappa shape index (κ2) is 6.46. The van der Waals surface area contributed by atoms with Gasteiger partial charge >= 0.3 is 0 Å². The molecule has 4 heteroatoms. The van der Waals surface area contributed by atoms with Crippen molar-refractivity contribution in [3.05, 3.63) is 47.6 Å². The maximum atomic E-state index is 6.03. The van der Waals surface area contributed by atoms with Crippen LogP contribution in [0.1, 0.15) is 13.3 Å². The Morgan fingerprint density at radius 2 is 2.10 bits per heavy atom. The van der Waals surface area contributed by atoms with Gasteiger partial charge in [-0.1, -0.05) is 23.8 Å². The van der Waals surface area contributed by atoms with Crippen LogP contribution in [0.5, 0.6) is 0 Å². The van der Waals surface area contributed by atoms with Crippen LogP contribution < -0.4 is 5.32 Å². The van der Waals surface area contributed by atoms with E-state index >= 15 is 0 Å². The Hall–Kier alpha value is -1.58. The Labute approximate surface area is 130 Å². The van der Waals surface area contributed by atoms with Gasteiger partial charge in [-0.25, -0.2) is 0 Å². The molecule has 1 N–H and O–H groups in total. The molecule has 1 aromatic carbocycles. The van der Waals surface area contributed by atoms with Crippen LogP contribution in [0.2, 0.25) is 5.02 Å². The van der Waals surface area contributed by atoms with E-state index in [2.05, 4.69) is 34.3 Å². The summed E-state index contributed by atoms with van der Waals surface area (Å²) in [6.07, 6.45) is 7.42. The molecular weight excluding hydrogens is 282 g/mol. The third kappa shape index (κ3) is 3.55. The van der Waals surface area contributed by atoms with Gasteiger partial charge in [0.25, 0.3) is 0 Å². The highest BCUT2D eigenvalue weighted by molar-refractivity contribution is 6.31. The molecule has 3 rings (SSSR count). The van der Waals surface area contributed by atoms with Crippen molar-refractivity contribution in [1.29, 1.82) is 0 Å². The van der Waals surface area contributed by atoms with E-state index in [1.54, 1.807) is 0 Å². The first kappa shape index (κ1) is 14.4. The zero-order valence-corrected chi connectivity index (χ0v) is 13.0. The summed E-state index contributed by atoms with van der Waals surface area (Å²) in [4.78, 5) is 6.83. The number of nitrogens with one attached hydrogen (secondary N) is 1. The number of hydrogen-bond acceptors (Lipinski definition) is 3. The minimum Gasteiger partial charge on any atom is -0.382 e. The number of aromatic nitrogens is 1. The summed E-state index contributed by atoms with van der Waals surface area (Å²) in [6, 6.07) is 8.31. The fourth-order valence-corrected chi connectivity index (χ4v) is 2.83. The molecule has 0 fully saturated rings. The van der Waals surface area contributed by atoms with E-state index in [1.807, 2.05) is 30.5 Å². The summed E-state index contributed by atoms with van der Waals surface area (Å²) in [6.45, 7) is 5.52. The van der Waals surface area contributed by atoms with Gasteiger partial charge in [-0.3, -0.25) is 9.88 Å². The second-order valence-corrected chi connectivity index (χ2v) is 6.02. The fraction of sp³-hybridized carbons (Fsp3) is 0.353. The minimum absolute atomic E-state index is 0.423. The summed E-state index contributed by atoms with van der Waals surface area (Å²) < 4.78 is 0. The molecule has 1 atom stereocenters. The Kier molecular flexibility index (Phi) is 4.42. The highest BCUT2D eigenvalue weighted by Gasteiger charge is 2.10. The molecule has 0 spiro atoms. The van der Waals surface area contributed by atoms with Crippen LogP contribution in [-0.2, 0) is 0 Å². The molecule has 1 aliphatic heterocycles. The van der Waals surface area contributed by atoms with E-state index in [-0.39, 0.29) is 0 Å². The lowest BCUT2D eigenvalue weighted by molar-refractivity contribution is 0.340. The topological polar surface area (TPSA) is 28.2 Å². The summed E-state index contributed by atoms with van der Waals surface area (Å²) in [5.41, 5.74) is 2.06. The number of pyridine rings is 1. The van der Waals surface area contributed by atoms with Crippen molar-refractivity contribution in [3.8, 4) is 0 Å². The largest absolute Gasteiger partial charge is 0.382 e. The van der Waals surface area contributed by atoms with Crippen molar-refractivity contribution < 1.29 is 0 Å². The van der Waals surface area contributed by atoms with Crippen molar-refractivity contribution in [2.45, 2.75) is 19.4 Å². The molecule has 1 aliphatic rings. The predicted molar refractivity (Wildman–Crippen MR) is 90.0 cm³/mol. The number of benzene rings is 1. The maximum absolute atomic E-state index is 6.03. The van der Waals surface area contributed by atoms with E-state index in [0.29, 0.717) is 6.04 Å². The van der Waals surface area contributed by atoms with Crippen LogP contribution in [0.25, 0.3) is 10.9 Å². The van der Waals surface area contributed by atoms with Crippen LogP contribution in [0, 0.1) is 0 Å². The van der Waals surface area contributed by atoms with E-state index in [9.17, 15) is 0 Å². The average molecular weight is 302 g/mol. The molecule has 0 saturated heterocycles. The number of halogens is 1. The number of fused-ring (bicyclic) bond motifs is 1. The quantitative estimate of drug-likeness (QED) is 0.848. The van der Waals surface area contributed by atoms with Gasteiger partial charge in [-0.2, -0.15) is 0 Å². The minimum atomic E-state index is 0.423. The van der Waals surface area contributed by atoms with Crippen LogP contribution in [0.4, 0.5) is 5.69 Å². The zero-order chi connectivity index (χ0) is 14.7. The molecule has 0 aliphatic carbocycles. The average Bonchev–Trinajstić information content (AvgIpc) is 2.98. The van der Waals surface area contributed by atoms with Crippen molar-refractivity contribution >= 4 is 28.2 Å². The SMILES string of the molecule is C[C@H](CCN1CC=CC1)Nc1ccnc2cc(Cl)ccc12. The van der Waals surface area contributed by atoms with E-state index in [4.69, 9.17) is 11.6 Å². The van der Waals surface area contributed by atoms with Crippen LogP contribution in [0.15, 0.2) is 42.6 Å². The number of hydrogen-bond donors (Lipinski definition) is 1. The van der Waals surface area contributed by atoms with Gasteiger partial charge in [-0.05, 0) is 37.6 Å². The maximum Gasteiger partial charge on any atom is 0.0737 e. The molecule has 2 aromatic rings. The van der Waals surface area contributed by atoms with Gasteiger partial charge in [-0.15, -0.1) is 0 Å². The highest BCUT2D eigenvalue weighted by Crippen LogP contribution is 2.25. The monoisotopic (exact) mass is 301 g/mol. The van der Waals surface area contributed by atoms with E-state index < -0.39 is 0 Å². The lowest BCUT2D eigenvalue weighted by Crippen LogP contribution is -2.26. The van der Waals surface area contributed by atoms with Gasteiger partial charge in [0.15, 0.2) is 0 Å². The summed E-state index contributed by atoms with van der Waals surface area (Å²) >= 11 is 6.03. The Bertz CT molecular complexity index is 646. The smallest absolute Gasteiger partial charge is 0.0737 e. The Balaban J connectivity index is 1.66. The lowest BCUT2D eigenvalue weighted by Gasteiger charge is -2.20. The third-order valence-electron chi connectivity index (χ3n) is 3.88. The first-order valence-corrected chi connectivity index (χ1v) is 7.78. The zero-order valence-electron chi connectivity index (χ0n) is 12.2. The molecule has 1 aromatic heterocycles. The van der Waals surface area contributed by atoms with Gasteiger partial charge < -0.3 is 5.32 Å². The Morgan fingerprint density at radius 1 is 1.29 bits per heavy atom. The van der Waals surface area contributed by atoms with E-state index in [0.717, 1.165) is 47.7 Å². The molecule has 0 bridgehead atoms. The van der Waals surface area contributed by atoms with Gasteiger partial charge in [0.1, 0.15) is 0 Å². The van der Waals surface area contributed by atoms with Crippen LogP contribution in [-0.4, -0.2) is 35.6 Å². The van der Waals surface area contributed by atoms with Crippen molar-refractivity contribution in [2.24, 2.45) is 0 Å². The van der Waals surface area contributed by atoms with E-state index in [1.165, 1.54) is 0 Å². The summed E-state index contributed by atoms with van der Waals surface area (Å²) in [5, 5.41) is 5.44. The fourth-order valence-electron chi connectivity index (χ4n) is 2.67. The molecule has 0 amide bonds. The van der Waals surface area contributed by atoms with Gasteiger partial charge in [0.05, 0.1) is 5.52 Å². The van der Waals surface area contributed by atoms with Crippen molar-refractivity contribution in [2.75, 3.05) is 25.0 Å². The first-order valence-electron chi connectivity index (χ1n) is 7.40. The van der Waals surface area contributed by atoms with Crippen molar-refractivity contribution in [3.63, 3.8) is 0 Å². The third-order valence-corrected chi connectivity index (χ3v) is 4.11.